The quantitative estimate of drug-likeness (QED) is 0.669. The van der Waals surface area contributed by atoms with E-state index in [4.69, 9.17) is 11.6 Å². The van der Waals surface area contributed by atoms with Crippen LogP contribution in [0.15, 0.2) is 36.4 Å². The van der Waals surface area contributed by atoms with Gasteiger partial charge in [-0.15, -0.1) is 0 Å². The largest absolute Gasteiger partial charge is 0.294 e. The highest BCUT2D eigenvalue weighted by atomic mass is 35.5. The molecule has 0 saturated heterocycles. The molecule has 1 aliphatic carbocycles. The molecule has 66 valence electrons. The summed E-state index contributed by atoms with van der Waals surface area (Å²) in [6.45, 7) is 0. The van der Waals surface area contributed by atoms with E-state index in [2.05, 4.69) is 0 Å². The summed E-state index contributed by atoms with van der Waals surface area (Å²) in [4.78, 5) is 11.3. The summed E-state index contributed by atoms with van der Waals surface area (Å²) in [5.74, 6) is 0.222. The molecular weight excluding hydrogens is 184 g/mol. The van der Waals surface area contributed by atoms with E-state index in [1.807, 2.05) is 30.3 Å². The minimum atomic E-state index is 0.0252. The molecule has 2 rings (SSSR count). The Labute approximate surface area is 82.0 Å². The molecule has 1 aromatic carbocycles. The molecule has 0 bridgehead atoms. The van der Waals surface area contributed by atoms with Crippen molar-refractivity contribution in [3.05, 3.63) is 47.0 Å². The Kier molecular flexibility index (Phi) is 2.19. The third-order valence-corrected chi connectivity index (χ3v) is 2.52. The van der Waals surface area contributed by atoms with Crippen LogP contribution in [0.3, 0.4) is 0 Å². The first-order valence-electron chi connectivity index (χ1n) is 4.23. The molecule has 0 saturated carbocycles. The normalized spacial score (nSPS) is 21.0. The van der Waals surface area contributed by atoms with Gasteiger partial charge < -0.3 is 0 Å². The minimum absolute atomic E-state index is 0.0252. The molecule has 1 aliphatic rings. The molecule has 0 spiro atoms. The average Bonchev–Trinajstić information content (AvgIpc) is 2.53. The summed E-state index contributed by atoms with van der Waals surface area (Å²) < 4.78 is 0. The lowest BCUT2D eigenvalue weighted by Crippen LogP contribution is -2.03. The second-order valence-corrected chi connectivity index (χ2v) is 3.58. The molecule has 13 heavy (non-hydrogen) atoms. The van der Waals surface area contributed by atoms with Crippen LogP contribution >= 0.6 is 11.6 Å². The summed E-state index contributed by atoms with van der Waals surface area (Å²) in [7, 11) is 0. The molecule has 1 aromatic rings. The zero-order valence-corrected chi connectivity index (χ0v) is 7.79. The van der Waals surface area contributed by atoms with E-state index in [-0.39, 0.29) is 11.7 Å². The summed E-state index contributed by atoms with van der Waals surface area (Å²) >= 11 is 5.75. The number of carbonyl (C=O) groups is 1. The smallest absolute Gasteiger partial charge is 0.163 e. The number of hydrogen-bond acceptors (Lipinski definition) is 1. The van der Waals surface area contributed by atoms with Crippen molar-refractivity contribution in [1.29, 1.82) is 0 Å². The fourth-order valence-electron chi connectivity index (χ4n) is 1.55. The predicted octanol–water partition coefficient (Wildman–Crippen LogP) is 2.95. The Balaban J connectivity index is 2.26. The van der Waals surface area contributed by atoms with Crippen LogP contribution in [0.5, 0.6) is 0 Å². The van der Waals surface area contributed by atoms with Gasteiger partial charge in [0.25, 0.3) is 0 Å². The zero-order valence-electron chi connectivity index (χ0n) is 7.03. The second kappa shape index (κ2) is 3.35. The highest BCUT2D eigenvalue weighted by Gasteiger charge is 2.20. The maximum Gasteiger partial charge on any atom is 0.163 e. The highest BCUT2D eigenvalue weighted by Crippen LogP contribution is 2.27. The average molecular weight is 193 g/mol. The summed E-state index contributed by atoms with van der Waals surface area (Å²) in [5.41, 5.74) is 1.06. The number of allylic oxidation sites excluding steroid dienone is 2. The Morgan fingerprint density at radius 1 is 1.23 bits per heavy atom. The number of carbonyl (C=O) groups excluding carboxylic acids is 1. The van der Waals surface area contributed by atoms with Crippen molar-refractivity contribution in [2.24, 2.45) is 0 Å². The Morgan fingerprint density at radius 3 is 2.46 bits per heavy atom. The first kappa shape index (κ1) is 8.52. The van der Waals surface area contributed by atoms with E-state index in [1.54, 1.807) is 6.08 Å². The lowest BCUT2D eigenvalue weighted by Gasteiger charge is -2.07. The first-order valence-corrected chi connectivity index (χ1v) is 4.61. The molecule has 1 unspecified atom stereocenters. The molecule has 0 heterocycles. The van der Waals surface area contributed by atoms with Gasteiger partial charge in [0, 0.05) is 5.02 Å². The second-order valence-electron chi connectivity index (χ2n) is 3.14. The molecule has 2 heteroatoms. The van der Waals surface area contributed by atoms with Crippen LogP contribution in [0.25, 0.3) is 0 Å². The van der Waals surface area contributed by atoms with Crippen LogP contribution in [-0.2, 0) is 4.79 Å². The first-order chi connectivity index (χ1) is 6.27. The number of halogens is 1. The summed E-state index contributed by atoms with van der Waals surface area (Å²) in [6.07, 6.45) is 4.39. The van der Waals surface area contributed by atoms with Gasteiger partial charge in [0.2, 0.25) is 0 Å². The number of benzene rings is 1. The fraction of sp³-hybridized carbons (Fsp3) is 0.182. The third kappa shape index (κ3) is 1.65. The van der Waals surface area contributed by atoms with E-state index in [1.165, 1.54) is 0 Å². The third-order valence-electron chi connectivity index (χ3n) is 2.27. The van der Waals surface area contributed by atoms with Gasteiger partial charge in [-0.3, -0.25) is 4.79 Å². The van der Waals surface area contributed by atoms with Crippen molar-refractivity contribution in [3.63, 3.8) is 0 Å². The van der Waals surface area contributed by atoms with Crippen LogP contribution in [0.2, 0.25) is 5.02 Å². The van der Waals surface area contributed by atoms with Gasteiger partial charge >= 0.3 is 0 Å². The maximum absolute atomic E-state index is 11.3. The predicted molar refractivity (Wildman–Crippen MR) is 53.0 cm³/mol. The number of ketones is 1. The monoisotopic (exact) mass is 192 g/mol. The molecule has 1 atom stereocenters. The summed E-state index contributed by atoms with van der Waals surface area (Å²) in [5, 5.41) is 0.710. The van der Waals surface area contributed by atoms with E-state index in [9.17, 15) is 4.79 Å². The van der Waals surface area contributed by atoms with Crippen molar-refractivity contribution >= 4 is 17.4 Å². The Hall–Kier alpha value is -1.08. The van der Waals surface area contributed by atoms with Crippen molar-refractivity contribution in [1.82, 2.24) is 0 Å². The Bertz CT molecular complexity index is 351. The minimum Gasteiger partial charge on any atom is -0.294 e. The maximum atomic E-state index is 11.3. The zero-order chi connectivity index (χ0) is 9.26. The molecule has 1 nitrogen and oxygen atoms in total. The van der Waals surface area contributed by atoms with Crippen molar-refractivity contribution < 1.29 is 4.79 Å². The van der Waals surface area contributed by atoms with E-state index in [0.29, 0.717) is 5.02 Å². The Morgan fingerprint density at radius 2 is 1.92 bits per heavy atom. The lowest BCUT2D eigenvalue weighted by atomic mass is 9.96. The van der Waals surface area contributed by atoms with Crippen LogP contribution in [-0.4, -0.2) is 5.78 Å². The SMILES string of the molecule is O=C1C=CCC1c1ccc(Cl)cc1. The van der Waals surface area contributed by atoms with Gasteiger partial charge in [-0.25, -0.2) is 0 Å². The molecule has 0 aromatic heterocycles. The molecule has 0 fully saturated rings. The van der Waals surface area contributed by atoms with Gasteiger partial charge in [0.1, 0.15) is 0 Å². The molecular formula is C11H9ClO. The van der Waals surface area contributed by atoms with E-state index < -0.39 is 0 Å². The fourth-order valence-corrected chi connectivity index (χ4v) is 1.67. The van der Waals surface area contributed by atoms with Gasteiger partial charge in [-0.05, 0) is 30.2 Å². The van der Waals surface area contributed by atoms with Crippen molar-refractivity contribution in [3.8, 4) is 0 Å². The lowest BCUT2D eigenvalue weighted by molar-refractivity contribution is -0.115. The standard InChI is InChI=1S/C11H9ClO/c12-9-6-4-8(5-7-9)10-2-1-3-11(10)13/h1,3-7,10H,2H2. The summed E-state index contributed by atoms with van der Waals surface area (Å²) in [6, 6.07) is 7.47. The number of rotatable bonds is 1. The molecule has 0 aliphatic heterocycles. The van der Waals surface area contributed by atoms with Crippen LogP contribution in [0, 0.1) is 0 Å². The topological polar surface area (TPSA) is 17.1 Å². The van der Waals surface area contributed by atoms with Crippen LogP contribution in [0.1, 0.15) is 17.9 Å². The van der Waals surface area contributed by atoms with Gasteiger partial charge in [0.05, 0.1) is 5.92 Å². The molecule has 0 radical (unpaired) electrons. The van der Waals surface area contributed by atoms with Crippen LogP contribution < -0.4 is 0 Å². The van der Waals surface area contributed by atoms with Crippen molar-refractivity contribution in [2.75, 3.05) is 0 Å². The van der Waals surface area contributed by atoms with E-state index >= 15 is 0 Å². The molecule has 0 amide bonds. The van der Waals surface area contributed by atoms with E-state index in [0.717, 1.165) is 12.0 Å². The number of hydrogen-bond donors (Lipinski definition) is 0. The van der Waals surface area contributed by atoms with Crippen LogP contribution in [0.4, 0.5) is 0 Å². The van der Waals surface area contributed by atoms with Gasteiger partial charge in [0.15, 0.2) is 5.78 Å². The van der Waals surface area contributed by atoms with Crippen molar-refractivity contribution in [2.45, 2.75) is 12.3 Å². The molecule has 0 N–H and O–H groups in total. The highest BCUT2D eigenvalue weighted by molar-refractivity contribution is 6.30. The van der Waals surface area contributed by atoms with Gasteiger partial charge in [-0.1, -0.05) is 29.8 Å². The van der Waals surface area contributed by atoms with Gasteiger partial charge in [-0.2, -0.15) is 0 Å².